The van der Waals surface area contributed by atoms with Crippen LogP contribution in [0.25, 0.3) is 0 Å². The van der Waals surface area contributed by atoms with Crippen molar-refractivity contribution in [1.82, 2.24) is 0 Å². The Morgan fingerprint density at radius 2 is 1.70 bits per heavy atom. The van der Waals surface area contributed by atoms with Crippen LogP contribution in [0, 0.1) is 31.6 Å². The number of hydrogen-bond donors (Lipinski definition) is 1. The van der Waals surface area contributed by atoms with Gasteiger partial charge in [0, 0.05) is 5.69 Å². The first-order valence-corrected chi connectivity index (χ1v) is 11.0. The number of imide groups is 1. The lowest BCUT2D eigenvalue weighted by Gasteiger charge is -2.22. The first-order valence-electron chi connectivity index (χ1n) is 11.0. The summed E-state index contributed by atoms with van der Waals surface area (Å²) in [5.41, 5.74) is 3.19. The molecule has 7 nitrogen and oxygen atoms in total. The summed E-state index contributed by atoms with van der Waals surface area (Å²) >= 11 is 0. The Morgan fingerprint density at radius 1 is 1.03 bits per heavy atom. The van der Waals surface area contributed by atoms with Crippen LogP contribution < -0.4 is 10.2 Å². The molecule has 3 atom stereocenters. The van der Waals surface area contributed by atoms with E-state index in [0.717, 1.165) is 11.1 Å². The van der Waals surface area contributed by atoms with Gasteiger partial charge in [-0.05, 0) is 61.6 Å². The average Bonchev–Trinajstić information content (AvgIpc) is 3.06. The van der Waals surface area contributed by atoms with Crippen LogP contribution in [-0.2, 0) is 19.1 Å². The van der Waals surface area contributed by atoms with Crippen LogP contribution >= 0.6 is 0 Å². The maximum atomic E-state index is 12.9. The number of nitrogens with zero attached hydrogens (tertiary/aromatic N) is 1. The van der Waals surface area contributed by atoms with Gasteiger partial charge in [-0.3, -0.25) is 19.3 Å². The zero-order valence-electron chi connectivity index (χ0n) is 18.8. The molecule has 4 rings (SSSR count). The summed E-state index contributed by atoms with van der Waals surface area (Å²) in [6, 6.07) is 11.8. The Kier molecular flexibility index (Phi) is 6.14. The first-order chi connectivity index (χ1) is 15.8. The van der Waals surface area contributed by atoms with E-state index in [0.29, 0.717) is 17.8 Å². The van der Waals surface area contributed by atoms with Gasteiger partial charge in [0.2, 0.25) is 11.8 Å². The zero-order valence-corrected chi connectivity index (χ0v) is 18.8. The molecule has 33 heavy (non-hydrogen) atoms. The van der Waals surface area contributed by atoms with Crippen molar-refractivity contribution in [2.24, 2.45) is 17.8 Å². The maximum Gasteiger partial charge on any atom is 0.338 e. The van der Waals surface area contributed by atoms with Crippen LogP contribution in [0.15, 0.2) is 54.6 Å². The number of benzene rings is 2. The van der Waals surface area contributed by atoms with Crippen LogP contribution in [0.4, 0.5) is 11.4 Å². The molecule has 3 amide bonds. The molecule has 0 spiro atoms. The number of nitrogens with one attached hydrogen (secondary N) is 1. The van der Waals surface area contributed by atoms with E-state index >= 15 is 0 Å². The number of carbonyl (C=O) groups excluding carboxylic acids is 4. The van der Waals surface area contributed by atoms with Gasteiger partial charge >= 0.3 is 5.97 Å². The second-order valence-corrected chi connectivity index (χ2v) is 8.61. The predicted octanol–water partition coefficient (Wildman–Crippen LogP) is 3.80. The van der Waals surface area contributed by atoms with Gasteiger partial charge in [0.05, 0.1) is 23.1 Å². The lowest BCUT2D eigenvalue weighted by atomic mass is 9.78. The molecule has 170 valence electrons. The number of anilines is 2. The van der Waals surface area contributed by atoms with E-state index in [-0.39, 0.29) is 35.1 Å². The van der Waals surface area contributed by atoms with Crippen LogP contribution in [0.2, 0.25) is 0 Å². The van der Waals surface area contributed by atoms with Crippen molar-refractivity contribution in [1.29, 1.82) is 0 Å². The Bertz CT molecular complexity index is 1130. The number of fused-ring (bicyclic) bond motifs is 1. The number of aryl methyl sites for hydroxylation is 2. The highest BCUT2D eigenvalue weighted by molar-refractivity contribution is 6.22. The fourth-order valence-electron chi connectivity index (χ4n) is 4.55. The number of allylic oxidation sites excluding steroid dienone is 2. The molecule has 0 bridgehead atoms. The summed E-state index contributed by atoms with van der Waals surface area (Å²) in [7, 11) is 0. The van der Waals surface area contributed by atoms with Crippen molar-refractivity contribution < 1.29 is 23.9 Å². The summed E-state index contributed by atoms with van der Waals surface area (Å²) in [6.07, 6.45) is 4.49. The Balaban J connectivity index is 1.38. The third-order valence-electron chi connectivity index (χ3n) is 6.31. The van der Waals surface area contributed by atoms with E-state index in [9.17, 15) is 19.2 Å². The maximum absolute atomic E-state index is 12.9. The number of carbonyl (C=O) groups is 4. The molecular formula is C26H26N2O5. The summed E-state index contributed by atoms with van der Waals surface area (Å²) in [5.74, 6) is -2.19. The van der Waals surface area contributed by atoms with Gasteiger partial charge in [0.15, 0.2) is 6.61 Å². The highest BCUT2D eigenvalue weighted by atomic mass is 16.5. The lowest BCUT2D eigenvalue weighted by Crippen LogP contribution is -2.31. The van der Waals surface area contributed by atoms with Crippen LogP contribution in [0.1, 0.15) is 34.8 Å². The SMILES string of the molecule is Cc1cccc(C)c1NC(=O)COC(=O)c1ccc(N2C(=O)[C@H]3[C@H](C)C=CC[C@H]3C2=O)cc1. The number of amides is 3. The molecule has 1 fully saturated rings. The number of para-hydroxylation sites is 1. The van der Waals surface area contributed by atoms with E-state index in [1.165, 1.54) is 17.0 Å². The topological polar surface area (TPSA) is 92.8 Å². The second kappa shape index (κ2) is 9.02. The molecule has 7 heteroatoms. The van der Waals surface area contributed by atoms with E-state index in [1.54, 1.807) is 12.1 Å². The van der Waals surface area contributed by atoms with Crippen LogP contribution in [-0.4, -0.2) is 30.3 Å². The molecular weight excluding hydrogens is 420 g/mol. The second-order valence-electron chi connectivity index (χ2n) is 8.61. The van der Waals surface area contributed by atoms with E-state index in [1.807, 2.05) is 51.1 Å². The van der Waals surface area contributed by atoms with Gasteiger partial charge < -0.3 is 10.1 Å². The van der Waals surface area contributed by atoms with Gasteiger partial charge in [-0.15, -0.1) is 0 Å². The smallest absolute Gasteiger partial charge is 0.338 e. The summed E-state index contributed by atoms with van der Waals surface area (Å²) in [5, 5.41) is 2.77. The monoisotopic (exact) mass is 446 g/mol. The molecule has 0 saturated carbocycles. The molecule has 1 aliphatic heterocycles. The van der Waals surface area contributed by atoms with Gasteiger partial charge in [-0.25, -0.2) is 4.79 Å². The quantitative estimate of drug-likeness (QED) is 0.428. The predicted molar refractivity (Wildman–Crippen MR) is 124 cm³/mol. The van der Waals surface area contributed by atoms with Gasteiger partial charge in [0.25, 0.3) is 5.91 Å². The molecule has 0 unspecified atom stereocenters. The number of rotatable bonds is 5. The number of hydrogen-bond acceptors (Lipinski definition) is 5. The van der Waals surface area contributed by atoms with E-state index in [2.05, 4.69) is 5.32 Å². The largest absolute Gasteiger partial charge is 0.452 e. The molecule has 1 N–H and O–H groups in total. The minimum absolute atomic E-state index is 0.00839. The van der Waals surface area contributed by atoms with Crippen LogP contribution in [0.5, 0.6) is 0 Å². The van der Waals surface area contributed by atoms with Gasteiger partial charge in [-0.2, -0.15) is 0 Å². The number of ether oxygens (including phenoxy) is 1. The lowest BCUT2D eigenvalue weighted by molar-refractivity contribution is -0.123. The van der Waals surface area contributed by atoms with E-state index in [4.69, 9.17) is 4.74 Å². The summed E-state index contributed by atoms with van der Waals surface area (Å²) in [6.45, 7) is 5.29. The normalized spacial score (nSPS) is 21.7. The fourth-order valence-corrected chi connectivity index (χ4v) is 4.55. The average molecular weight is 447 g/mol. The summed E-state index contributed by atoms with van der Waals surface area (Å²) in [4.78, 5) is 51.5. The minimum atomic E-state index is -0.663. The van der Waals surface area contributed by atoms with E-state index < -0.39 is 18.5 Å². The van der Waals surface area contributed by atoms with Crippen molar-refractivity contribution in [3.63, 3.8) is 0 Å². The molecule has 2 aromatic rings. The molecule has 1 saturated heterocycles. The third-order valence-corrected chi connectivity index (χ3v) is 6.31. The molecule has 2 aliphatic rings. The third kappa shape index (κ3) is 4.31. The van der Waals surface area contributed by atoms with Gasteiger partial charge in [0.1, 0.15) is 0 Å². The van der Waals surface area contributed by atoms with Crippen molar-refractivity contribution >= 4 is 35.1 Å². The van der Waals surface area contributed by atoms with Crippen molar-refractivity contribution in [2.45, 2.75) is 27.2 Å². The first kappa shape index (κ1) is 22.5. The molecule has 0 radical (unpaired) electrons. The van der Waals surface area contributed by atoms with Crippen molar-refractivity contribution in [3.8, 4) is 0 Å². The molecule has 1 heterocycles. The highest BCUT2D eigenvalue weighted by Gasteiger charge is 2.50. The summed E-state index contributed by atoms with van der Waals surface area (Å²) < 4.78 is 5.13. The van der Waals surface area contributed by atoms with Crippen molar-refractivity contribution in [3.05, 3.63) is 71.3 Å². The Morgan fingerprint density at radius 3 is 2.33 bits per heavy atom. The fraction of sp³-hybridized carbons (Fsp3) is 0.308. The molecule has 1 aliphatic carbocycles. The number of esters is 1. The highest BCUT2D eigenvalue weighted by Crippen LogP contribution is 2.40. The van der Waals surface area contributed by atoms with Crippen molar-refractivity contribution in [2.75, 3.05) is 16.8 Å². The molecule has 2 aromatic carbocycles. The Labute approximate surface area is 192 Å². The Hall–Kier alpha value is -3.74. The molecule has 0 aromatic heterocycles. The zero-order chi connectivity index (χ0) is 23.7. The standard InChI is InChI=1S/C26H26N2O5/c1-15-6-5-9-20-22(15)25(31)28(24(20)30)19-12-10-18(11-13-19)26(32)33-14-21(29)27-23-16(2)7-4-8-17(23)3/h4-8,10-13,15,20,22H,9,14H2,1-3H3,(H,27,29)/t15-,20-,22+/m1/s1. The minimum Gasteiger partial charge on any atom is -0.452 e. The van der Waals surface area contributed by atoms with Gasteiger partial charge in [-0.1, -0.05) is 37.3 Å². The van der Waals surface area contributed by atoms with Crippen LogP contribution in [0.3, 0.4) is 0 Å².